The van der Waals surface area contributed by atoms with Crippen molar-refractivity contribution in [2.75, 3.05) is 0 Å². The van der Waals surface area contributed by atoms with Gasteiger partial charge in [0.1, 0.15) is 17.4 Å². The van der Waals surface area contributed by atoms with Crippen LogP contribution in [0.15, 0.2) is 17.0 Å². The van der Waals surface area contributed by atoms with Gasteiger partial charge in [0.15, 0.2) is 6.39 Å². The lowest BCUT2D eigenvalue weighted by atomic mass is 10.1. The molecule has 0 saturated carbocycles. The zero-order valence-electron chi connectivity index (χ0n) is 10.5. The highest BCUT2D eigenvalue weighted by molar-refractivity contribution is 5.81. The molecule has 1 atom stereocenters. The van der Waals surface area contributed by atoms with Gasteiger partial charge in [0, 0.05) is 6.42 Å². The smallest absolute Gasteiger partial charge is 0.405 e. The van der Waals surface area contributed by atoms with Crippen molar-refractivity contribution in [3.05, 3.63) is 18.4 Å². The van der Waals surface area contributed by atoms with Crippen molar-refractivity contribution in [3.8, 4) is 0 Å². The first-order valence-electron chi connectivity index (χ1n) is 5.37. The molecule has 1 heterocycles. The van der Waals surface area contributed by atoms with Crippen molar-refractivity contribution in [1.29, 1.82) is 0 Å². The highest BCUT2D eigenvalue weighted by atomic mass is 16.6. The lowest BCUT2D eigenvalue weighted by Crippen LogP contribution is -2.44. The summed E-state index contributed by atoms with van der Waals surface area (Å²) in [4.78, 5) is 26.1. The van der Waals surface area contributed by atoms with Crippen LogP contribution < -0.4 is 5.32 Å². The number of nitrogens with zero attached hydrogens (tertiary/aromatic N) is 1. The van der Waals surface area contributed by atoms with E-state index in [4.69, 9.17) is 14.3 Å². The van der Waals surface area contributed by atoms with Crippen LogP contribution in [0.1, 0.15) is 26.5 Å². The summed E-state index contributed by atoms with van der Waals surface area (Å²) in [6.07, 6.45) is 1.38. The van der Waals surface area contributed by atoms with Gasteiger partial charge < -0.3 is 19.6 Å². The van der Waals surface area contributed by atoms with Gasteiger partial charge in [-0.05, 0) is 20.8 Å². The monoisotopic (exact) mass is 256 g/mol. The molecule has 0 fully saturated rings. The van der Waals surface area contributed by atoms with Crippen molar-refractivity contribution in [1.82, 2.24) is 10.3 Å². The molecule has 100 valence electrons. The lowest BCUT2D eigenvalue weighted by Gasteiger charge is -2.23. The number of ether oxygens (including phenoxy) is 1. The van der Waals surface area contributed by atoms with E-state index < -0.39 is 23.7 Å². The van der Waals surface area contributed by atoms with Gasteiger partial charge in [0.05, 0.1) is 6.20 Å². The number of amides is 1. The Kier molecular flexibility index (Phi) is 4.30. The highest BCUT2D eigenvalue weighted by Crippen LogP contribution is 2.11. The maximum absolute atomic E-state index is 11.8. The van der Waals surface area contributed by atoms with Crippen LogP contribution in [0.2, 0.25) is 0 Å². The molecule has 0 aliphatic heterocycles. The second kappa shape index (κ2) is 5.52. The highest BCUT2D eigenvalue weighted by Gasteiger charge is 2.27. The fourth-order valence-electron chi connectivity index (χ4n) is 1.26. The summed E-state index contributed by atoms with van der Waals surface area (Å²) < 4.78 is 10.1. The summed E-state index contributed by atoms with van der Waals surface area (Å²) in [6, 6.07) is -1.02. The van der Waals surface area contributed by atoms with Gasteiger partial charge in [-0.2, -0.15) is 0 Å². The molecule has 0 aliphatic carbocycles. The molecule has 1 rings (SSSR count). The average molecular weight is 256 g/mol. The van der Waals surface area contributed by atoms with Gasteiger partial charge in [-0.15, -0.1) is 0 Å². The van der Waals surface area contributed by atoms with Gasteiger partial charge in [0.2, 0.25) is 0 Å². The third kappa shape index (κ3) is 4.86. The Bertz CT molecular complexity index is 408. The Labute approximate surface area is 104 Å². The van der Waals surface area contributed by atoms with Gasteiger partial charge in [0.25, 0.3) is 0 Å². The molecule has 18 heavy (non-hydrogen) atoms. The maximum Gasteiger partial charge on any atom is 0.405 e. The lowest BCUT2D eigenvalue weighted by molar-refractivity contribution is -0.157. The predicted molar refractivity (Wildman–Crippen MR) is 61.0 cm³/mol. The minimum Gasteiger partial charge on any atom is -0.465 e. The van der Waals surface area contributed by atoms with Crippen LogP contribution in [-0.2, 0) is 16.0 Å². The number of aromatic nitrogens is 1. The average Bonchev–Trinajstić information content (AvgIpc) is 2.65. The Morgan fingerprint density at radius 2 is 2.22 bits per heavy atom. The normalized spacial score (nSPS) is 12.8. The molecule has 1 amide bonds. The third-order valence-electron chi connectivity index (χ3n) is 1.88. The third-order valence-corrected chi connectivity index (χ3v) is 1.88. The van der Waals surface area contributed by atoms with Crippen LogP contribution in [0, 0.1) is 0 Å². The molecule has 0 aliphatic rings. The Balaban J connectivity index is 2.71. The minimum atomic E-state index is -1.30. The maximum atomic E-state index is 11.8. The molecule has 1 aromatic heterocycles. The van der Waals surface area contributed by atoms with Crippen LogP contribution in [0.4, 0.5) is 4.79 Å². The van der Waals surface area contributed by atoms with Crippen molar-refractivity contribution < 1.29 is 23.8 Å². The molecule has 7 heteroatoms. The molecule has 0 bridgehead atoms. The molecule has 0 radical (unpaired) electrons. The standard InChI is InChI=1S/C11H16N2O5/c1-11(2,3)18-9(14)8(13-10(15)16)4-7-5-12-6-17-7/h5-6,8,13H,4H2,1-3H3,(H,15,16). The van der Waals surface area contributed by atoms with Crippen LogP contribution >= 0.6 is 0 Å². The summed E-state index contributed by atoms with van der Waals surface area (Å²) in [5, 5.41) is 10.8. The van der Waals surface area contributed by atoms with E-state index in [-0.39, 0.29) is 6.42 Å². The number of nitrogens with one attached hydrogen (secondary N) is 1. The van der Waals surface area contributed by atoms with E-state index in [0.29, 0.717) is 5.76 Å². The van der Waals surface area contributed by atoms with Crippen LogP contribution in [0.25, 0.3) is 0 Å². The molecule has 0 spiro atoms. The van der Waals surface area contributed by atoms with E-state index in [2.05, 4.69) is 10.3 Å². The van der Waals surface area contributed by atoms with Crippen molar-refractivity contribution in [2.24, 2.45) is 0 Å². The number of rotatable bonds is 4. The zero-order chi connectivity index (χ0) is 13.8. The molecule has 1 unspecified atom stereocenters. The summed E-state index contributed by atoms with van der Waals surface area (Å²) >= 11 is 0. The molecule has 1 aromatic rings. The largest absolute Gasteiger partial charge is 0.465 e. The minimum absolute atomic E-state index is 0.0568. The molecule has 0 aromatic carbocycles. The first-order chi connectivity index (χ1) is 8.28. The number of hydrogen-bond acceptors (Lipinski definition) is 5. The fourth-order valence-corrected chi connectivity index (χ4v) is 1.26. The number of oxazole rings is 1. The molecular weight excluding hydrogens is 240 g/mol. The van der Waals surface area contributed by atoms with E-state index in [1.54, 1.807) is 20.8 Å². The summed E-state index contributed by atoms with van der Waals surface area (Å²) in [5.41, 5.74) is -0.684. The van der Waals surface area contributed by atoms with Crippen molar-refractivity contribution >= 4 is 12.1 Å². The number of carbonyl (C=O) groups is 2. The van der Waals surface area contributed by atoms with Gasteiger partial charge in [-0.1, -0.05) is 0 Å². The number of carbonyl (C=O) groups excluding carboxylic acids is 1. The second-order valence-electron chi connectivity index (χ2n) is 4.71. The van der Waals surface area contributed by atoms with Crippen molar-refractivity contribution in [3.63, 3.8) is 0 Å². The van der Waals surface area contributed by atoms with E-state index >= 15 is 0 Å². The summed E-state index contributed by atoms with van der Waals surface area (Å²) in [6.45, 7) is 5.12. The number of carboxylic acid groups (broad SMARTS) is 1. The van der Waals surface area contributed by atoms with Gasteiger partial charge in [-0.3, -0.25) is 0 Å². The van der Waals surface area contributed by atoms with Crippen molar-refractivity contribution in [2.45, 2.75) is 38.8 Å². The Morgan fingerprint density at radius 3 is 2.67 bits per heavy atom. The molecular formula is C11H16N2O5. The van der Waals surface area contributed by atoms with Crippen LogP contribution in [-0.4, -0.2) is 33.8 Å². The van der Waals surface area contributed by atoms with E-state index in [9.17, 15) is 9.59 Å². The topological polar surface area (TPSA) is 102 Å². The van der Waals surface area contributed by atoms with Gasteiger partial charge >= 0.3 is 12.1 Å². The SMILES string of the molecule is CC(C)(C)OC(=O)C(Cc1cnco1)NC(=O)O. The fraction of sp³-hybridized carbons (Fsp3) is 0.545. The number of hydrogen-bond donors (Lipinski definition) is 2. The Morgan fingerprint density at radius 1 is 1.56 bits per heavy atom. The van der Waals surface area contributed by atoms with Crippen LogP contribution in [0.3, 0.4) is 0 Å². The predicted octanol–water partition coefficient (Wildman–Crippen LogP) is 1.19. The zero-order valence-corrected chi connectivity index (χ0v) is 10.5. The molecule has 2 N–H and O–H groups in total. The van der Waals surface area contributed by atoms with E-state index in [1.165, 1.54) is 12.6 Å². The Hall–Kier alpha value is -2.05. The molecule has 7 nitrogen and oxygen atoms in total. The van der Waals surface area contributed by atoms with E-state index in [1.807, 2.05) is 0 Å². The second-order valence-corrected chi connectivity index (χ2v) is 4.71. The number of esters is 1. The van der Waals surface area contributed by atoms with Gasteiger partial charge in [-0.25, -0.2) is 14.6 Å². The first kappa shape index (κ1) is 14.0. The summed E-state index contributed by atoms with van der Waals surface area (Å²) in [7, 11) is 0. The van der Waals surface area contributed by atoms with Crippen LogP contribution in [0.5, 0.6) is 0 Å². The van der Waals surface area contributed by atoms with E-state index in [0.717, 1.165) is 0 Å². The first-order valence-corrected chi connectivity index (χ1v) is 5.37. The molecule has 0 saturated heterocycles. The summed E-state index contributed by atoms with van der Waals surface area (Å²) in [5.74, 6) is -0.249. The quantitative estimate of drug-likeness (QED) is 0.785.